The molecular weight excluding hydrogens is 392 g/mol. The minimum Gasteiger partial charge on any atom is -0.377 e. The molecule has 1 aromatic rings. The van der Waals surface area contributed by atoms with Crippen molar-refractivity contribution < 1.29 is 4.74 Å². The van der Waals surface area contributed by atoms with Gasteiger partial charge in [0.1, 0.15) is 0 Å². The first kappa shape index (κ1) is 23.3. The molecule has 0 aliphatic carbocycles. The Bertz CT molecular complexity index is 665. The van der Waals surface area contributed by atoms with Crippen molar-refractivity contribution in [3.05, 3.63) is 29.8 Å². The molecule has 0 bridgehead atoms. The van der Waals surface area contributed by atoms with Crippen molar-refractivity contribution in [1.29, 1.82) is 0 Å². The number of nitrogens with one attached hydrogen (secondary N) is 2. The van der Waals surface area contributed by atoms with Gasteiger partial charge in [-0.3, -0.25) is 0 Å². The Morgan fingerprint density at radius 2 is 1.90 bits per heavy atom. The van der Waals surface area contributed by atoms with Crippen LogP contribution in [0.1, 0.15) is 46.1 Å². The number of ether oxygens (including phenoxy) is 1. The number of benzene rings is 1. The first-order valence-corrected chi connectivity index (χ1v) is 12.7. The van der Waals surface area contributed by atoms with Crippen molar-refractivity contribution in [1.82, 2.24) is 10.6 Å². The first-order chi connectivity index (χ1) is 14.5. The summed E-state index contributed by atoms with van der Waals surface area (Å²) >= 11 is 2.05. The lowest BCUT2D eigenvalue weighted by Gasteiger charge is -2.40. The van der Waals surface area contributed by atoms with Gasteiger partial charge in [0.15, 0.2) is 5.96 Å². The van der Waals surface area contributed by atoms with Gasteiger partial charge in [0, 0.05) is 55.9 Å². The van der Waals surface area contributed by atoms with Crippen LogP contribution in [0.4, 0.5) is 5.69 Å². The molecule has 2 aliphatic rings. The summed E-state index contributed by atoms with van der Waals surface area (Å²) in [6.45, 7) is 14.6. The van der Waals surface area contributed by atoms with Crippen molar-refractivity contribution in [2.24, 2.45) is 16.3 Å². The Balaban J connectivity index is 1.56. The summed E-state index contributed by atoms with van der Waals surface area (Å²) in [5, 5.41) is 6.97. The second-order valence-corrected chi connectivity index (χ2v) is 10.6. The maximum Gasteiger partial charge on any atom is 0.191 e. The minimum atomic E-state index is 0.164. The van der Waals surface area contributed by atoms with E-state index in [1.54, 1.807) is 0 Å². The van der Waals surface area contributed by atoms with Gasteiger partial charge in [0.25, 0.3) is 0 Å². The molecule has 2 aliphatic heterocycles. The zero-order chi connectivity index (χ0) is 21.4. The molecule has 6 heteroatoms. The molecule has 5 nitrogen and oxygen atoms in total. The van der Waals surface area contributed by atoms with E-state index < -0.39 is 0 Å². The van der Waals surface area contributed by atoms with Crippen LogP contribution in [0.3, 0.4) is 0 Å². The van der Waals surface area contributed by atoms with Gasteiger partial charge in [0.05, 0.1) is 12.6 Å². The maximum absolute atomic E-state index is 6.13. The number of aliphatic imine (C=N–C) groups is 1. The van der Waals surface area contributed by atoms with Crippen molar-refractivity contribution in [2.45, 2.75) is 53.2 Å². The summed E-state index contributed by atoms with van der Waals surface area (Å²) in [4.78, 5) is 7.31. The summed E-state index contributed by atoms with van der Waals surface area (Å²) in [5.74, 6) is 3.87. The fourth-order valence-corrected chi connectivity index (χ4v) is 5.29. The average Bonchev–Trinajstić information content (AvgIpc) is 2.76. The van der Waals surface area contributed by atoms with E-state index in [-0.39, 0.29) is 5.41 Å². The molecule has 0 spiro atoms. The van der Waals surface area contributed by atoms with E-state index in [1.165, 1.54) is 29.2 Å². The summed E-state index contributed by atoms with van der Waals surface area (Å²) in [7, 11) is 0. The van der Waals surface area contributed by atoms with E-state index in [1.807, 2.05) is 11.8 Å². The van der Waals surface area contributed by atoms with Gasteiger partial charge in [-0.15, -0.1) is 0 Å². The van der Waals surface area contributed by atoms with Gasteiger partial charge >= 0.3 is 0 Å². The molecule has 2 unspecified atom stereocenters. The molecule has 2 heterocycles. The third kappa shape index (κ3) is 6.81. The molecule has 2 fully saturated rings. The summed E-state index contributed by atoms with van der Waals surface area (Å²) < 4.78 is 6.13. The highest BCUT2D eigenvalue weighted by Gasteiger charge is 2.35. The highest BCUT2D eigenvalue weighted by molar-refractivity contribution is 7.99. The number of nitrogens with zero attached hydrogens (tertiary/aromatic N) is 2. The van der Waals surface area contributed by atoms with Crippen LogP contribution in [0.15, 0.2) is 29.3 Å². The van der Waals surface area contributed by atoms with E-state index in [0.29, 0.717) is 18.6 Å². The maximum atomic E-state index is 6.13. The molecule has 0 radical (unpaired) electrons. The topological polar surface area (TPSA) is 48.9 Å². The number of thioether (sulfide) groups is 1. The predicted molar refractivity (Wildman–Crippen MR) is 131 cm³/mol. The second-order valence-electron chi connectivity index (χ2n) is 9.40. The Kier molecular flexibility index (Phi) is 8.75. The number of anilines is 1. The highest BCUT2D eigenvalue weighted by atomic mass is 32.2. The molecule has 0 saturated carbocycles. The van der Waals surface area contributed by atoms with Crippen LogP contribution in [0.25, 0.3) is 0 Å². The van der Waals surface area contributed by atoms with E-state index in [4.69, 9.17) is 9.73 Å². The largest absolute Gasteiger partial charge is 0.377 e. The van der Waals surface area contributed by atoms with Gasteiger partial charge in [-0.2, -0.15) is 11.8 Å². The van der Waals surface area contributed by atoms with E-state index >= 15 is 0 Å². The van der Waals surface area contributed by atoms with E-state index in [9.17, 15) is 0 Å². The molecular formula is C24H40N4OS. The quantitative estimate of drug-likeness (QED) is 0.523. The average molecular weight is 433 g/mol. The minimum absolute atomic E-state index is 0.164. The van der Waals surface area contributed by atoms with Crippen molar-refractivity contribution in [2.75, 3.05) is 49.2 Å². The fourth-order valence-electron chi connectivity index (χ4n) is 4.38. The molecule has 2 atom stereocenters. The lowest BCUT2D eigenvalue weighted by Crippen LogP contribution is -2.47. The number of rotatable bonds is 6. The van der Waals surface area contributed by atoms with E-state index in [0.717, 1.165) is 45.2 Å². The Hall–Kier alpha value is -1.40. The van der Waals surface area contributed by atoms with Crippen LogP contribution in [-0.4, -0.2) is 56.4 Å². The molecule has 0 aromatic heterocycles. The van der Waals surface area contributed by atoms with Crippen molar-refractivity contribution >= 4 is 23.4 Å². The lowest BCUT2D eigenvalue weighted by atomic mass is 9.78. The molecule has 1 aromatic carbocycles. The van der Waals surface area contributed by atoms with Crippen LogP contribution in [0, 0.1) is 11.3 Å². The molecule has 30 heavy (non-hydrogen) atoms. The molecule has 168 valence electrons. The summed E-state index contributed by atoms with van der Waals surface area (Å²) in [6.07, 6.45) is 2.65. The zero-order valence-electron chi connectivity index (χ0n) is 19.2. The van der Waals surface area contributed by atoms with Crippen LogP contribution in [0.2, 0.25) is 0 Å². The van der Waals surface area contributed by atoms with E-state index in [2.05, 4.69) is 67.5 Å². The number of hydrogen-bond acceptors (Lipinski definition) is 4. The SMILES string of the molecule is CCNC(=NCc1ccc(N2CCSCC2)cc1)NCC1CCCOC1C(C)(C)C. The molecule has 0 amide bonds. The Morgan fingerprint density at radius 3 is 2.57 bits per heavy atom. The van der Waals surface area contributed by atoms with Gasteiger partial charge < -0.3 is 20.3 Å². The number of hydrogen-bond donors (Lipinski definition) is 2. The van der Waals surface area contributed by atoms with Gasteiger partial charge in [0.2, 0.25) is 0 Å². The van der Waals surface area contributed by atoms with Crippen LogP contribution in [0.5, 0.6) is 0 Å². The second kappa shape index (κ2) is 11.3. The fraction of sp³-hybridized carbons (Fsp3) is 0.708. The van der Waals surface area contributed by atoms with Gasteiger partial charge in [-0.1, -0.05) is 32.9 Å². The summed E-state index contributed by atoms with van der Waals surface area (Å²) in [5.41, 5.74) is 2.74. The predicted octanol–water partition coefficient (Wildman–Crippen LogP) is 4.14. The van der Waals surface area contributed by atoms with Crippen LogP contribution < -0.4 is 15.5 Å². The monoisotopic (exact) mass is 432 g/mol. The van der Waals surface area contributed by atoms with Crippen molar-refractivity contribution in [3.8, 4) is 0 Å². The molecule has 3 rings (SSSR count). The Morgan fingerprint density at radius 1 is 1.17 bits per heavy atom. The molecule has 2 saturated heterocycles. The van der Waals surface area contributed by atoms with Gasteiger partial charge in [-0.25, -0.2) is 4.99 Å². The normalized spacial score (nSPS) is 23.3. The first-order valence-electron chi connectivity index (χ1n) is 11.5. The van der Waals surface area contributed by atoms with Gasteiger partial charge in [-0.05, 0) is 42.9 Å². The summed E-state index contributed by atoms with van der Waals surface area (Å²) in [6, 6.07) is 8.92. The van der Waals surface area contributed by atoms with Crippen molar-refractivity contribution in [3.63, 3.8) is 0 Å². The molecule has 2 N–H and O–H groups in total. The number of guanidine groups is 1. The zero-order valence-corrected chi connectivity index (χ0v) is 20.1. The third-order valence-corrected chi connectivity index (χ3v) is 6.85. The standard InChI is InChI=1S/C24H40N4OS/c1-5-25-23(27-18-20-7-6-14-29-22(20)24(2,3)4)26-17-19-8-10-21(11-9-19)28-12-15-30-16-13-28/h8-11,20,22H,5-7,12-18H2,1-4H3,(H2,25,26,27). The Labute approximate surface area is 187 Å². The third-order valence-electron chi connectivity index (χ3n) is 5.91. The van der Waals surface area contributed by atoms with Crippen LogP contribution in [-0.2, 0) is 11.3 Å². The lowest BCUT2D eigenvalue weighted by molar-refractivity contribution is -0.0835. The smallest absolute Gasteiger partial charge is 0.191 e. The highest BCUT2D eigenvalue weighted by Crippen LogP contribution is 2.33. The van der Waals surface area contributed by atoms with Crippen LogP contribution >= 0.6 is 11.8 Å².